The van der Waals surface area contributed by atoms with Gasteiger partial charge in [0.15, 0.2) is 0 Å². The predicted octanol–water partition coefficient (Wildman–Crippen LogP) is 1.93. The van der Waals surface area contributed by atoms with Gasteiger partial charge in [-0.3, -0.25) is 4.79 Å². The Balaban J connectivity index is 2.71. The maximum atomic E-state index is 12.7. The number of carbonyl (C=O) groups is 1. The zero-order valence-corrected chi connectivity index (χ0v) is 9.16. The molecule has 0 aliphatic rings. The van der Waals surface area contributed by atoms with Crippen molar-refractivity contribution in [3.8, 4) is 0 Å². The Morgan fingerprint density at radius 1 is 1.50 bits per heavy atom. The lowest BCUT2D eigenvalue weighted by Crippen LogP contribution is -2.37. The first-order chi connectivity index (χ1) is 7.67. The molecule has 1 aromatic rings. The van der Waals surface area contributed by atoms with Crippen LogP contribution in [0.5, 0.6) is 0 Å². The summed E-state index contributed by atoms with van der Waals surface area (Å²) in [7, 11) is 1.57. The van der Waals surface area contributed by atoms with E-state index in [2.05, 4.69) is 17.2 Å². The minimum absolute atomic E-state index is 0.121. The molecule has 1 atom stereocenters. The van der Waals surface area contributed by atoms with Crippen LogP contribution in [0.2, 0.25) is 0 Å². The zero-order valence-electron chi connectivity index (χ0n) is 9.16. The molecule has 0 aliphatic carbocycles. The van der Waals surface area contributed by atoms with E-state index in [0.29, 0.717) is 12.1 Å². The van der Waals surface area contributed by atoms with Crippen LogP contribution in [0, 0.1) is 5.82 Å². The molecule has 16 heavy (non-hydrogen) atoms. The molecule has 1 aromatic carbocycles. The van der Waals surface area contributed by atoms with E-state index in [4.69, 9.17) is 0 Å². The molecular formula is C12H15FN2O. The van der Waals surface area contributed by atoms with Gasteiger partial charge in [-0.2, -0.15) is 0 Å². The first-order valence-electron chi connectivity index (χ1n) is 5.02. The van der Waals surface area contributed by atoms with Gasteiger partial charge in [-0.05, 0) is 30.7 Å². The maximum absolute atomic E-state index is 12.7. The number of carbonyl (C=O) groups excluding carboxylic acids is 1. The SMILES string of the molecule is C=CCC(Nc1ccc(F)cc1)C(=O)NC. The Bertz CT molecular complexity index is 362. The van der Waals surface area contributed by atoms with Crippen LogP contribution in [-0.2, 0) is 4.79 Å². The Hall–Kier alpha value is -1.84. The van der Waals surface area contributed by atoms with Crippen molar-refractivity contribution < 1.29 is 9.18 Å². The maximum Gasteiger partial charge on any atom is 0.242 e. The molecule has 0 saturated heterocycles. The minimum Gasteiger partial charge on any atom is -0.373 e. The van der Waals surface area contributed by atoms with Gasteiger partial charge in [0.05, 0.1) is 0 Å². The molecule has 0 saturated carbocycles. The lowest BCUT2D eigenvalue weighted by Gasteiger charge is -2.16. The molecule has 0 aromatic heterocycles. The van der Waals surface area contributed by atoms with E-state index < -0.39 is 0 Å². The number of rotatable bonds is 5. The number of halogens is 1. The number of nitrogens with one attached hydrogen (secondary N) is 2. The molecule has 0 aliphatic heterocycles. The lowest BCUT2D eigenvalue weighted by molar-refractivity contribution is -0.121. The van der Waals surface area contributed by atoms with E-state index in [1.807, 2.05) is 0 Å². The highest BCUT2D eigenvalue weighted by molar-refractivity contribution is 5.84. The van der Waals surface area contributed by atoms with Crippen molar-refractivity contribution in [2.75, 3.05) is 12.4 Å². The van der Waals surface area contributed by atoms with Gasteiger partial charge < -0.3 is 10.6 Å². The number of hydrogen-bond acceptors (Lipinski definition) is 2. The fourth-order valence-corrected chi connectivity index (χ4v) is 1.32. The van der Waals surface area contributed by atoms with Crippen molar-refractivity contribution >= 4 is 11.6 Å². The topological polar surface area (TPSA) is 41.1 Å². The Morgan fingerprint density at radius 3 is 2.62 bits per heavy atom. The molecular weight excluding hydrogens is 207 g/mol. The lowest BCUT2D eigenvalue weighted by atomic mass is 10.1. The van der Waals surface area contributed by atoms with Crippen LogP contribution in [-0.4, -0.2) is 19.0 Å². The molecule has 3 nitrogen and oxygen atoms in total. The van der Waals surface area contributed by atoms with Gasteiger partial charge in [0, 0.05) is 12.7 Å². The molecule has 0 radical (unpaired) electrons. The molecule has 1 rings (SSSR count). The summed E-state index contributed by atoms with van der Waals surface area (Å²) in [5, 5.41) is 5.57. The van der Waals surface area contributed by atoms with Gasteiger partial charge in [-0.15, -0.1) is 6.58 Å². The molecule has 86 valence electrons. The van der Waals surface area contributed by atoms with Gasteiger partial charge in [0.25, 0.3) is 0 Å². The summed E-state index contributed by atoms with van der Waals surface area (Å²) in [6.45, 7) is 3.59. The van der Waals surface area contributed by atoms with Crippen LogP contribution in [0.4, 0.5) is 10.1 Å². The average molecular weight is 222 g/mol. The van der Waals surface area contributed by atoms with Gasteiger partial charge in [0.1, 0.15) is 11.9 Å². The fourth-order valence-electron chi connectivity index (χ4n) is 1.32. The summed E-state index contributed by atoms with van der Waals surface area (Å²) in [5.41, 5.74) is 0.705. The van der Waals surface area contributed by atoms with E-state index in [1.54, 1.807) is 25.3 Å². The largest absolute Gasteiger partial charge is 0.373 e. The Morgan fingerprint density at radius 2 is 2.12 bits per heavy atom. The highest BCUT2D eigenvalue weighted by Crippen LogP contribution is 2.11. The molecule has 2 N–H and O–H groups in total. The first-order valence-corrected chi connectivity index (χ1v) is 5.02. The van der Waals surface area contributed by atoms with Crippen LogP contribution in [0.3, 0.4) is 0 Å². The van der Waals surface area contributed by atoms with Crippen molar-refractivity contribution in [2.24, 2.45) is 0 Å². The van der Waals surface area contributed by atoms with Gasteiger partial charge >= 0.3 is 0 Å². The van der Waals surface area contributed by atoms with Crippen molar-refractivity contribution in [1.29, 1.82) is 0 Å². The number of amides is 1. The average Bonchev–Trinajstić information content (AvgIpc) is 2.30. The fraction of sp³-hybridized carbons (Fsp3) is 0.250. The third-order valence-corrected chi connectivity index (χ3v) is 2.15. The third kappa shape index (κ3) is 3.38. The van der Waals surface area contributed by atoms with Crippen LogP contribution in [0.25, 0.3) is 0 Å². The van der Waals surface area contributed by atoms with Crippen molar-refractivity contribution in [2.45, 2.75) is 12.5 Å². The Labute approximate surface area is 94.4 Å². The number of benzene rings is 1. The molecule has 1 amide bonds. The number of likely N-dealkylation sites (N-methyl/N-ethyl adjacent to an activating group) is 1. The summed E-state index contributed by atoms with van der Waals surface area (Å²) in [5.74, 6) is -0.421. The molecule has 0 fully saturated rings. The minimum atomic E-state index is -0.382. The summed E-state index contributed by atoms with van der Waals surface area (Å²) in [6.07, 6.45) is 2.17. The second-order valence-corrected chi connectivity index (χ2v) is 3.34. The third-order valence-electron chi connectivity index (χ3n) is 2.15. The number of hydrogen-bond donors (Lipinski definition) is 2. The summed E-state index contributed by atoms with van der Waals surface area (Å²) in [4.78, 5) is 11.5. The first kappa shape index (κ1) is 12.2. The normalized spacial score (nSPS) is 11.6. The van der Waals surface area contributed by atoms with Crippen LogP contribution < -0.4 is 10.6 Å². The van der Waals surface area contributed by atoms with Gasteiger partial charge in [0.2, 0.25) is 5.91 Å². The highest BCUT2D eigenvalue weighted by Gasteiger charge is 2.14. The van der Waals surface area contributed by atoms with E-state index >= 15 is 0 Å². The van der Waals surface area contributed by atoms with E-state index in [1.165, 1.54) is 12.1 Å². The standard InChI is InChI=1S/C12H15FN2O/c1-3-4-11(12(16)14-2)15-10-7-5-9(13)6-8-10/h3,5-8,11,15H,1,4H2,2H3,(H,14,16). The van der Waals surface area contributed by atoms with Gasteiger partial charge in [-0.1, -0.05) is 6.08 Å². The molecule has 4 heteroatoms. The van der Waals surface area contributed by atoms with Crippen LogP contribution in [0.15, 0.2) is 36.9 Å². The van der Waals surface area contributed by atoms with Gasteiger partial charge in [-0.25, -0.2) is 4.39 Å². The second-order valence-electron chi connectivity index (χ2n) is 3.34. The molecule has 0 bridgehead atoms. The van der Waals surface area contributed by atoms with Crippen molar-refractivity contribution in [3.05, 3.63) is 42.7 Å². The Kier molecular flexibility index (Phi) is 4.51. The van der Waals surface area contributed by atoms with Crippen molar-refractivity contribution in [3.63, 3.8) is 0 Å². The monoisotopic (exact) mass is 222 g/mol. The second kappa shape index (κ2) is 5.90. The molecule has 0 heterocycles. The van der Waals surface area contributed by atoms with E-state index in [-0.39, 0.29) is 17.8 Å². The molecule has 1 unspecified atom stereocenters. The van der Waals surface area contributed by atoms with Crippen LogP contribution in [0.1, 0.15) is 6.42 Å². The van der Waals surface area contributed by atoms with Crippen LogP contribution >= 0.6 is 0 Å². The van der Waals surface area contributed by atoms with E-state index in [9.17, 15) is 9.18 Å². The highest BCUT2D eigenvalue weighted by atomic mass is 19.1. The summed E-state index contributed by atoms with van der Waals surface area (Å²) >= 11 is 0. The smallest absolute Gasteiger partial charge is 0.242 e. The summed E-state index contributed by atoms with van der Waals surface area (Å²) in [6, 6.07) is 5.49. The molecule has 0 spiro atoms. The predicted molar refractivity (Wildman–Crippen MR) is 62.7 cm³/mol. The zero-order chi connectivity index (χ0) is 12.0. The van der Waals surface area contributed by atoms with Crippen molar-refractivity contribution in [1.82, 2.24) is 5.32 Å². The quantitative estimate of drug-likeness (QED) is 0.747. The van der Waals surface area contributed by atoms with E-state index in [0.717, 1.165) is 0 Å². The summed E-state index contributed by atoms with van der Waals surface area (Å²) < 4.78 is 12.7. The number of anilines is 1.